The van der Waals surface area contributed by atoms with Crippen molar-refractivity contribution in [2.24, 2.45) is 5.92 Å². The Balaban J connectivity index is 1.58. The van der Waals surface area contributed by atoms with E-state index in [9.17, 15) is 24.6 Å². The van der Waals surface area contributed by atoms with Crippen LogP contribution in [0.1, 0.15) is 29.6 Å². The lowest BCUT2D eigenvalue weighted by Crippen LogP contribution is -2.49. The largest absolute Gasteiger partial charge is 0.497 e. The standard InChI is InChI=1S/C24H25N3O6/c1-33-16-5-6-20-17(8-16)18(12-25(20)13-22(29)30)23(24(31)32)26-9-14-7-15(11-26)19-3-2-4-21(28)27(19)10-14/h2-6,8,12,14-15,23H,7,9-11,13H2,1H3,(H,29,30)(H,31,32)/t14-,15+,23-/m1/s1. The molecule has 9 heteroatoms. The van der Waals surface area contributed by atoms with Gasteiger partial charge in [-0.3, -0.25) is 19.3 Å². The molecule has 172 valence electrons. The van der Waals surface area contributed by atoms with E-state index in [0.717, 1.165) is 12.1 Å². The Morgan fingerprint density at radius 1 is 1.15 bits per heavy atom. The number of hydrogen-bond donors (Lipinski definition) is 2. The first-order valence-electron chi connectivity index (χ1n) is 10.9. The van der Waals surface area contributed by atoms with Crippen LogP contribution in [0.15, 0.2) is 47.4 Å². The van der Waals surface area contributed by atoms with Gasteiger partial charge in [0.25, 0.3) is 5.56 Å². The number of pyridine rings is 1. The topological polar surface area (TPSA) is 114 Å². The fourth-order valence-corrected chi connectivity index (χ4v) is 5.56. The van der Waals surface area contributed by atoms with Crippen LogP contribution in [0.4, 0.5) is 0 Å². The number of likely N-dealkylation sites (tertiary alicyclic amines) is 1. The van der Waals surface area contributed by atoms with Crippen LogP contribution in [0.2, 0.25) is 0 Å². The van der Waals surface area contributed by atoms with E-state index in [4.69, 9.17) is 4.74 Å². The number of benzene rings is 1. The molecule has 2 aliphatic rings. The maximum absolute atomic E-state index is 12.6. The number of aliphatic carboxylic acids is 2. The zero-order valence-electron chi connectivity index (χ0n) is 18.2. The first-order valence-corrected chi connectivity index (χ1v) is 10.9. The molecule has 0 spiro atoms. The Hall–Kier alpha value is -3.59. The Labute approximate surface area is 189 Å². The van der Waals surface area contributed by atoms with Gasteiger partial charge in [0, 0.05) is 60.0 Å². The van der Waals surface area contributed by atoms with Gasteiger partial charge in [-0.1, -0.05) is 6.07 Å². The molecule has 0 saturated carbocycles. The Kier molecular flexibility index (Phi) is 5.20. The quantitative estimate of drug-likeness (QED) is 0.590. The van der Waals surface area contributed by atoms with Crippen LogP contribution in [0.25, 0.3) is 10.9 Å². The van der Waals surface area contributed by atoms with Gasteiger partial charge in [0.1, 0.15) is 18.3 Å². The molecule has 1 saturated heterocycles. The van der Waals surface area contributed by atoms with Gasteiger partial charge in [-0.15, -0.1) is 0 Å². The number of ether oxygens (including phenoxy) is 1. The van der Waals surface area contributed by atoms with Crippen LogP contribution in [0.3, 0.4) is 0 Å². The fraction of sp³-hybridized carbons (Fsp3) is 0.375. The van der Waals surface area contributed by atoms with Crippen molar-refractivity contribution in [1.82, 2.24) is 14.0 Å². The highest BCUT2D eigenvalue weighted by Crippen LogP contribution is 2.40. The number of carboxylic acids is 2. The summed E-state index contributed by atoms with van der Waals surface area (Å²) in [6, 6.07) is 9.58. The molecule has 2 aliphatic heterocycles. The lowest BCUT2D eigenvalue weighted by molar-refractivity contribution is -0.144. The monoisotopic (exact) mass is 451 g/mol. The van der Waals surface area contributed by atoms with E-state index in [1.165, 1.54) is 7.11 Å². The molecule has 1 fully saturated rings. The van der Waals surface area contributed by atoms with Crippen LogP contribution in [-0.4, -0.2) is 56.4 Å². The first-order chi connectivity index (χ1) is 15.9. The first kappa shape index (κ1) is 21.3. The van der Waals surface area contributed by atoms with Crippen molar-refractivity contribution < 1.29 is 24.5 Å². The van der Waals surface area contributed by atoms with E-state index in [1.54, 1.807) is 41.1 Å². The molecule has 2 aromatic heterocycles. The summed E-state index contributed by atoms with van der Waals surface area (Å²) in [7, 11) is 1.54. The third-order valence-corrected chi connectivity index (χ3v) is 6.83. The maximum Gasteiger partial charge on any atom is 0.325 e. The van der Waals surface area contributed by atoms with Gasteiger partial charge in [0.15, 0.2) is 0 Å². The van der Waals surface area contributed by atoms with Gasteiger partial charge in [-0.05, 0) is 36.6 Å². The van der Waals surface area contributed by atoms with Crippen LogP contribution in [0.5, 0.6) is 5.75 Å². The van der Waals surface area contributed by atoms with E-state index >= 15 is 0 Å². The number of nitrogens with zero attached hydrogens (tertiary/aromatic N) is 3. The average Bonchev–Trinajstić information content (AvgIpc) is 3.11. The summed E-state index contributed by atoms with van der Waals surface area (Å²) in [4.78, 5) is 38.3. The molecule has 9 nitrogen and oxygen atoms in total. The second kappa shape index (κ2) is 8.08. The Morgan fingerprint density at radius 3 is 2.70 bits per heavy atom. The van der Waals surface area contributed by atoms with E-state index in [-0.39, 0.29) is 23.9 Å². The van der Waals surface area contributed by atoms with Crippen molar-refractivity contribution in [1.29, 1.82) is 0 Å². The normalized spacial score (nSPS) is 20.9. The second-order valence-corrected chi connectivity index (χ2v) is 8.88. The second-order valence-electron chi connectivity index (χ2n) is 8.88. The molecule has 1 aromatic carbocycles. The van der Waals surface area contributed by atoms with E-state index in [0.29, 0.717) is 41.9 Å². The molecule has 2 N–H and O–H groups in total. The summed E-state index contributed by atoms with van der Waals surface area (Å²) in [6.07, 6.45) is 2.56. The molecule has 0 unspecified atom stereocenters. The number of piperidine rings is 1. The van der Waals surface area contributed by atoms with Gasteiger partial charge in [0.05, 0.1) is 7.11 Å². The Bertz CT molecular complexity index is 1310. The average molecular weight is 451 g/mol. The fourth-order valence-electron chi connectivity index (χ4n) is 5.56. The molecule has 0 aliphatic carbocycles. The summed E-state index contributed by atoms with van der Waals surface area (Å²) in [5.41, 5.74) is 2.12. The number of methoxy groups -OCH3 is 1. The van der Waals surface area contributed by atoms with Crippen LogP contribution < -0.4 is 10.3 Å². The van der Waals surface area contributed by atoms with Crippen molar-refractivity contribution in [2.75, 3.05) is 20.2 Å². The van der Waals surface area contributed by atoms with Gasteiger partial charge in [-0.2, -0.15) is 0 Å². The molecule has 0 radical (unpaired) electrons. The summed E-state index contributed by atoms with van der Waals surface area (Å²) >= 11 is 0. The SMILES string of the molecule is COc1ccc2c(c1)c([C@H](C(=O)O)N1C[C@H]3C[C@@H](C1)c1cccc(=O)n1C3)cn2CC(=O)O. The van der Waals surface area contributed by atoms with Crippen molar-refractivity contribution in [2.45, 2.75) is 31.5 Å². The van der Waals surface area contributed by atoms with Crippen molar-refractivity contribution >= 4 is 22.8 Å². The summed E-state index contributed by atoms with van der Waals surface area (Å²) < 4.78 is 8.73. The zero-order valence-corrected chi connectivity index (χ0v) is 18.2. The highest BCUT2D eigenvalue weighted by Gasteiger charge is 2.40. The third kappa shape index (κ3) is 3.68. The molecular formula is C24H25N3O6. The van der Waals surface area contributed by atoms with Crippen LogP contribution in [-0.2, 0) is 22.7 Å². The highest BCUT2D eigenvalue weighted by molar-refractivity contribution is 5.91. The minimum atomic E-state index is -1.00. The lowest BCUT2D eigenvalue weighted by Gasteiger charge is -2.44. The molecule has 3 atom stereocenters. The van der Waals surface area contributed by atoms with Crippen LogP contribution in [0, 0.1) is 5.92 Å². The van der Waals surface area contributed by atoms with E-state index < -0.39 is 18.0 Å². The van der Waals surface area contributed by atoms with Gasteiger partial charge in [-0.25, -0.2) is 0 Å². The molecule has 0 amide bonds. The summed E-state index contributed by atoms with van der Waals surface area (Å²) in [6.45, 7) is 1.36. The minimum absolute atomic E-state index is 0.0192. The predicted octanol–water partition coefficient (Wildman–Crippen LogP) is 2.14. The van der Waals surface area contributed by atoms with Gasteiger partial charge in [0.2, 0.25) is 0 Å². The smallest absolute Gasteiger partial charge is 0.325 e. The van der Waals surface area contributed by atoms with E-state index in [1.807, 2.05) is 15.5 Å². The summed E-state index contributed by atoms with van der Waals surface area (Å²) in [5, 5.41) is 20.3. The lowest BCUT2D eigenvalue weighted by atomic mass is 9.82. The zero-order chi connectivity index (χ0) is 23.3. The third-order valence-electron chi connectivity index (χ3n) is 6.83. The van der Waals surface area contributed by atoms with Crippen molar-refractivity contribution in [3.05, 3.63) is 64.2 Å². The van der Waals surface area contributed by atoms with Gasteiger partial charge < -0.3 is 24.1 Å². The van der Waals surface area contributed by atoms with Gasteiger partial charge >= 0.3 is 11.9 Å². The molecule has 5 rings (SSSR count). The van der Waals surface area contributed by atoms with Crippen LogP contribution >= 0.6 is 0 Å². The number of carboxylic acid groups (broad SMARTS) is 2. The predicted molar refractivity (Wildman–Crippen MR) is 120 cm³/mol. The molecule has 3 aromatic rings. The Morgan fingerprint density at radius 2 is 1.97 bits per heavy atom. The molecule has 33 heavy (non-hydrogen) atoms. The maximum atomic E-state index is 12.6. The number of fused-ring (bicyclic) bond motifs is 5. The number of aromatic nitrogens is 2. The minimum Gasteiger partial charge on any atom is -0.497 e. The number of rotatable bonds is 6. The van der Waals surface area contributed by atoms with Crippen molar-refractivity contribution in [3.63, 3.8) is 0 Å². The highest BCUT2D eigenvalue weighted by atomic mass is 16.5. The summed E-state index contributed by atoms with van der Waals surface area (Å²) in [5.74, 6) is -1.19. The molecule has 2 bridgehead atoms. The number of carbonyl (C=O) groups is 2. The van der Waals surface area contributed by atoms with Crippen molar-refractivity contribution in [3.8, 4) is 5.75 Å². The number of hydrogen-bond acceptors (Lipinski definition) is 5. The molecular weight excluding hydrogens is 426 g/mol. The van der Waals surface area contributed by atoms with E-state index in [2.05, 4.69) is 0 Å². The molecule has 4 heterocycles.